The fourth-order valence-corrected chi connectivity index (χ4v) is 3.81. The van der Waals surface area contributed by atoms with Crippen LogP contribution in [0.3, 0.4) is 0 Å². The second-order valence-corrected chi connectivity index (χ2v) is 7.14. The van der Waals surface area contributed by atoms with Gasteiger partial charge in [0, 0.05) is 33.6 Å². The summed E-state index contributed by atoms with van der Waals surface area (Å²) in [7, 11) is 3.61. The van der Waals surface area contributed by atoms with Gasteiger partial charge in [-0.2, -0.15) is 0 Å². The van der Waals surface area contributed by atoms with Crippen molar-refractivity contribution in [2.45, 2.75) is 19.3 Å². The van der Waals surface area contributed by atoms with E-state index in [1.807, 2.05) is 4.90 Å². The summed E-state index contributed by atoms with van der Waals surface area (Å²) in [5.74, 6) is 1.47. The summed E-state index contributed by atoms with van der Waals surface area (Å²) >= 11 is 0. The van der Waals surface area contributed by atoms with Gasteiger partial charge < -0.3 is 14.5 Å². The Balaban J connectivity index is 1.52. The molecule has 6 heteroatoms. The van der Waals surface area contributed by atoms with Crippen LogP contribution >= 0.6 is 0 Å². The molecule has 0 aliphatic carbocycles. The van der Waals surface area contributed by atoms with Gasteiger partial charge in [0.15, 0.2) is 0 Å². The third-order valence-corrected chi connectivity index (χ3v) is 5.34. The molecule has 2 fully saturated rings. The minimum atomic E-state index is 0.162. The lowest BCUT2D eigenvalue weighted by Crippen LogP contribution is -2.38. The molecule has 0 aromatic heterocycles. The summed E-state index contributed by atoms with van der Waals surface area (Å²) in [6, 6.07) is 0. The van der Waals surface area contributed by atoms with Gasteiger partial charge in [0.1, 0.15) is 0 Å². The molecule has 0 bridgehead atoms. The highest BCUT2D eigenvalue weighted by atomic mass is 16.5. The Morgan fingerprint density at radius 2 is 1.87 bits per heavy atom. The number of fused-ring (bicyclic) bond motifs is 1. The van der Waals surface area contributed by atoms with Crippen LogP contribution in [-0.2, 0) is 14.3 Å². The van der Waals surface area contributed by atoms with Crippen molar-refractivity contribution < 1.29 is 14.3 Å². The summed E-state index contributed by atoms with van der Waals surface area (Å²) in [6.07, 6.45) is 4.52. The number of hydrogen-bond donors (Lipinski definition) is 0. The number of carbonyl (C=O) groups excluding carboxylic acids is 2. The number of amides is 2. The number of hydrogen-bond acceptors (Lipinski definition) is 4. The van der Waals surface area contributed by atoms with Crippen molar-refractivity contribution in [3.63, 3.8) is 0 Å². The molecule has 2 amide bonds. The molecule has 0 N–H and O–H groups in total. The molecule has 0 radical (unpaired) electrons. The van der Waals surface area contributed by atoms with Crippen LogP contribution in [0.15, 0.2) is 11.8 Å². The molecule has 3 aliphatic rings. The third kappa shape index (κ3) is 3.68. The Hall–Kier alpha value is -1.56. The van der Waals surface area contributed by atoms with Crippen molar-refractivity contribution >= 4 is 11.8 Å². The molecule has 0 spiro atoms. The fraction of sp³-hybridized carbons (Fsp3) is 0.765. The van der Waals surface area contributed by atoms with Gasteiger partial charge in [-0.25, -0.2) is 0 Å². The van der Waals surface area contributed by atoms with Crippen LogP contribution in [0.1, 0.15) is 19.3 Å². The van der Waals surface area contributed by atoms with Crippen LogP contribution in [-0.4, -0.2) is 79.9 Å². The SMILES string of the molecule is CN(C)C(=O)CN1CC[C@@H]2CN(C(=O)C3=COCC3)C[C@@H]2CC1. The maximum Gasteiger partial charge on any atom is 0.253 e. The lowest BCUT2D eigenvalue weighted by molar-refractivity contribution is -0.129. The quantitative estimate of drug-likeness (QED) is 0.762. The second kappa shape index (κ2) is 6.91. The summed E-state index contributed by atoms with van der Waals surface area (Å²) in [5.41, 5.74) is 0.819. The van der Waals surface area contributed by atoms with E-state index in [2.05, 4.69) is 4.90 Å². The van der Waals surface area contributed by atoms with Crippen LogP contribution in [0.25, 0.3) is 0 Å². The number of ether oxygens (including phenoxy) is 1. The van der Waals surface area contributed by atoms with Gasteiger partial charge in [-0.3, -0.25) is 14.5 Å². The van der Waals surface area contributed by atoms with E-state index in [1.54, 1.807) is 25.3 Å². The normalized spacial score (nSPS) is 27.9. The fourth-order valence-electron chi connectivity index (χ4n) is 3.81. The van der Waals surface area contributed by atoms with Gasteiger partial charge in [-0.1, -0.05) is 0 Å². The zero-order valence-electron chi connectivity index (χ0n) is 14.2. The van der Waals surface area contributed by atoms with Crippen LogP contribution < -0.4 is 0 Å². The van der Waals surface area contributed by atoms with E-state index in [-0.39, 0.29) is 11.8 Å². The monoisotopic (exact) mass is 321 g/mol. The van der Waals surface area contributed by atoms with E-state index in [1.165, 1.54) is 0 Å². The van der Waals surface area contributed by atoms with Crippen LogP contribution in [0.4, 0.5) is 0 Å². The number of carbonyl (C=O) groups is 2. The van der Waals surface area contributed by atoms with Crippen LogP contribution in [0, 0.1) is 11.8 Å². The highest BCUT2D eigenvalue weighted by molar-refractivity contribution is 5.93. The Morgan fingerprint density at radius 1 is 1.22 bits per heavy atom. The van der Waals surface area contributed by atoms with Crippen LogP contribution in [0.5, 0.6) is 0 Å². The summed E-state index contributed by atoms with van der Waals surface area (Å²) in [5, 5.41) is 0. The van der Waals surface area contributed by atoms with Crippen molar-refractivity contribution in [1.29, 1.82) is 0 Å². The van der Waals surface area contributed by atoms with Crippen molar-refractivity contribution in [2.24, 2.45) is 11.8 Å². The van der Waals surface area contributed by atoms with Gasteiger partial charge in [-0.05, 0) is 37.8 Å². The Bertz CT molecular complexity index is 487. The first kappa shape index (κ1) is 16.3. The molecule has 3 aliphatic heterocycles. The molecular weight excluding hydrogens is 294 g/mol. The molecular formula is C17H27N3O3. The van der Waals surface area contributed by atoms with Gasteiger partial charge in [0.25, 0.3) is 5.91 Å². The minimum absolute atomic E-state index is 0.162. The van der Waals surface area contributed by atoms with E-state index >= 15 is 0 Å². The van der Waals surface area contributed by atoms with E-state index < -0.39 is 0 Å². The molecule has 2 atom stereocenters. The number of nitrogens with zero attached hydrogens (tertiary/aromatic N) is 3. The molecule has 0 aromatic rings. The maximum absolute atomic E-state index is 12.5. The minimum Gasteiger partial charge on any atom is -0.500 e. The predicted molar refractivity (Wildman–Crippen MR) is 86.6 cm³/mol. The van der Waals surface area contributed by atoms with Gasteiger partial charge in [0.2, 0.25) is 5.91 Å². The zero-order chi connectivity index (χ0) is 16.4. The molecule has 6 nitrogen and oxygen atoms in total. The smallest absolute Gasteiger partial charge is 0.253 e. The number of rotatable bonds is 3. The van der Waals surface area contributed by atoms with Gasteiger partial charge >= 0.3 is 0 Å². The van der Waals surface area contributed by atoms with E-state index in [4.69, 9.17) is 4.74 Å². The standard InChI is InChI=1S/C17H27N3O3/c1-18(2)16(21)11-19-6-3-13-9-20(10-14(13)4-7-19)17(22)15-5-8-23-12-15/h12-14H,3-11H2,1-2H3/t13-,14+. The molecule has 3 heterocycles. The average molecular weight is 321 g/mol. The lowest BCUT2D eigenvalue weighted by Gasteiger charge is -2.23. The molecule has 0 saturated carbocycles. The maximum atomic E-state index is 12.5. The van der Waals surface area contributed by atoms with E-state index in [0.717, 1.165) is 51.0 Å². The van der Waals surface area contributed by atoms with Gasteiger partial charge in [0.05, 0.1) is 25.0 Å². The molecule has 0 aromatic carbocycles. The second-order valence-electron chi connectivity index (χ2n) is 7.14. The van der Waals surface area contributed by atoms with E-state index in [0.29, 0.717) is 25.0 Å². The topological polar surface area (TPSA) is 53.1 Å². The molecule has 23 heavy (non-hydrogen) atoms. The Kier molecular flexibility index (Phi) is 4.90. The molecule has 0 unspecified atom stereocenters. The summed E-state index contributed by atoms with van der Waals surface area (Å²) in [4.78, 5) is 30.3. The van der Waals surface area contributed by atoms with Crippen molar-refractivity contribution in [1.82, 2.24) is 14.7 Å². The first-order chi connectivity index (χ1) is 11.0. The predicted octanol–water partition coefficient (Wildman–Crippen LogP) is 0.549. The molecule has 3 rings (SSSR count). The lowest BCUT2D eigenvalue weighted by atomic mass is 9.92. The molecule has 2 saturated heterocycles. The first-order valence-corrected chi connectivity index (χ1v) is 8.57. The van der Waals surface area contributed by atoms with Crippen molar-refractivity contribution in [2.75, 3.05) is 53.4 Å². The van der Waals surface area contributed by atoms with E-state index in [9.17, 15) is 9.59 Å². The Morgan fingerprint density at radius 3 is 2.39 bits per heavy atom. The highest BCUT2D eigenvalue weighted by Crippen LogP contribution is 2.33. The first-order valence-electron chi connectivity index (χ1n) is 8.57. The largest absolute Gasteiger partial charge is 0.500 e. The Labute approximate surface area is 138 Å². The van der Waals surface area contributed by atoms with Crippen LogP contribution in [0.2, 0.25) is 0 Å². The summed E-state index contributed by atoms with van der Waals surface area (Å²) in [6.45, 7) is 4.77. The van der Waals surface area contributed by atoms with Gasteiger partial charge in [-0.15, -0.1) is 0 Å². The third-order valence-electron chi connectivity index (χ3n) is 5.34. The average Bonchev–Trinajstić information content (AvgIpc) is 3.16. The highest BCUT2D eigenvalue weighted by Gasteiger charge is 2.38. The zero-order valence-corrected chi connectivity index (χ0v) is 14.2. The van der Waals surface area contributed by atoms with Crippen molar-refractivity contribution in [3.8, 4) is 0 Å². The number of likely N-dealkylation sites (tertiary alicyclic amines) is 2. The number of likely N-dealkylation sites (N-methyl/N-ethyl adjacent to an activating group) is 1. The summed E-state index contributed by atoms with van der Waals surface area (Å²) < 4.78 is 5.19. The molecule has 128 valence electrons. The van der Waals surface area contributed by atoms with Crippen molar-refractivity contribution in [3.05, 3.63) is 11.8 Å².